The van der Waals surface area contributed by atoms with Gasteiger partial charge in [0.1, 0.15) is 17.2 Å². The Bertz CT molecular complexity index is 1820. The van der Waals surface area contributed by atoms with Crippen LogP contribution in [0.3, 0.4) is 0 Å². The minimum absolute atomic E-state index is 0.0391. The summed E-state index contributed by atoms with van der Waals surface area (Å²) in [5.41, 5.74) is -6.98. The second-order valence-corrected chi connectivity index (χ2v) is 10.1. The summed E-state index contributed by atoms with van der Waals surface area (Å²) in [5, 5.41) is 20.0. The Morgan fingerprint density at radius 1 is 1.07 bits per heavy atom. The molecule has 2 heterocycles. The fraction of sp³-hybridized carbons (Fsp3) is 0.222. The molecule has 0 spiro atoms. The molecule has 5 rings (SSSR count). The molecule has 226 valence electrons. The zero-order chi connectivity index (χ0) is 31.6. The molecule has 3 N–H and O–H groups in total. The molecule has 16 heteroatoms. The molecule has 1 unspecified atom stereocenters. The fourth-order valence-corrected chi connectivity index (χ4v) is 5.23. The maximum absolute atomic E-state index is 14.3. The van der Waals surface area contributed by atoms with Crippen molar-refractivity contribution >= 4 is 40.0 Å². The van der Waals surface area contributed by atoms with Crippen molar-refractivity contribution < 1.29 is 49.8 Å². The first-order chi connectivity index (χ1) is 19.9. The van der Waals surface area contributed by atoms with Gasteiger partial charge in [-0.15, -0.1) is 0 Å². The number of amides is 2. The highest BCUT2D eigenvalue weighted by atomic mass is 35.5. The largest absolute Gasteiger partial charge is 0.416 e. The summed E-state index contributed by atoms with van der Waals surface area (Å²) in [7, 11) is 1.30. The van der Waals surface area contributed by atoms with Gasteiger partial charge in [-0.25, -0.2) is 8.78 Å². The maximum Gasteiger partial charge on any atom is 0.416 e. The smallest absolute Gasteiger partial charge is 0.363 e. The molecule has 3 aromatic carbocycles. The molecule has 1 aromatic heterocycles. The van der Waals surface area contributed by atoms with Crippen molar-refractivity contribution in [2.45, 2.75) is 30.9 Å². The highest BCUT2D eigenvalue weighted by molar-refractivity contribution is 6.31. The molecular formula is C27H17ClF8N4O3. The van der Waals surface area contributed by atoms with Gasteiger partial charge in [-0.05, 0) is 48.9 Å². The minimum atomic E-state index is -5.02. The minimum Gasteiger partial charge on any atom is -0.363 e. The van der Waals surface area contributed by atoms with Crippen LogP contribution in [0.5, 0.6) is 0 Å². The standard InChI is InChI=1S/C27H17ClF8N4O3/c1-40-19(4-5-25(31,32)33)15-10-18(37-23(41)11-6-12(27(34,35)36)8-14(30)7-11)21-20(22(15)39-40)24(42)38-26(21,43)16-9-13(29)2-3-17(16)28/h2-3,6-10,43H,4-5H2,1H3,(H,37,41)(H,38,42). The molecule has 0 aliphatic carbocycles. The van der Waals surface area contributed by atoms with Crippen molar-refractivity contribution in [3.63, 3.8) is 0 Å². The number of aryl methyl sites for hydroxylation is 2. The predicted molar refractivity (Wildman–Crippen MR) is 136 cm³/mol. The second kappa shape index (κ2) is 10.2. The molecule has 0 bridgehead atoms. The van der Waals surface area contributed by atoms with Gasteiger partial charge in [0, 0.05) is 46.3 Å². The Balaban J connectivity index is 1.75. The summed E-state index contributed by atoms with van der Waals surface area (Å²) in [4.78, 5) is 26.5. The van der Waals surface area contributed by atoms with E-state index in [1.54, 1.807) is 0 Å². The van der Waals surface area contributed by atoms with Gasteiger partial charge in [0.15, 0.2) is 5.72 Å². The van der Waals surface area contributed by atoms with Crippen molar-refractivity contribution in [1.82, 2.24) is 15.1 Å². The highest BCUT2D eigenvalue weighted by Gasteiger charge is 2.48. The number of carbonyl (C=O) groups is 2. The zero-order valence-electron chi connectivity index (χ0n) is 21.5. The van der Waals surface area contributed by atoms with Crippen LogP contribution in [0.1, 0.15) is 49.5 Å². The molecule has 1 atom stereocenters. The van der Waals surface area contributed by atoms with E-state index in [1.165, 1.54) is 7.05 Å². The molecule has 1 aliphatic heterocycles. The van der Waals surface area contributed by atoms with E-state index in [-0.39, 0.29) is 27.7 Å². The molecule has 0 radical (unpaired) electrons. The summed E-state index contributed by atoms with van der Waals surface area (Å²) >= 11 is 6.20. The van der Waals surface area contributed by atoms with Crippen molar-refractivity contribution in [2.24, 2.45) is 7.05 Å². The molecule has 4 aromatic rings. The normalized spacial score (nSPS) is 16.9. The van der Waals surface area contributed by atoms with E-state index in [0.717, 1.165) is 28.9 Å². The third kappa shape index (κ3) is 5.49. The van der Waals surface area contributed by atoms with Crippen LogP contribution in [0.15, 0.2) is 42.5 Å². The van der Waals surface area contributed by atoms with Crippen LogP contribution in [0.25, 0.3) is 10.9 Å². The average molecular weight is 633 g/mol. The van der Waals surface area contributed by atoms with E-state index < -0.39 is 87.9 Å². The number of hydrogen-bond donors (Lipinski definition) is 3. The summed E-state index contributed by atoms with van der Waals surface area (Å²) in [6, 6.07) is 4.88. The Morgan fingerprint density at radius 3 is 2.42 bits per heavy atom. The highest BCUT2D eigenvalue weighted by Crippen LogP contribution is 2.46. The molecule has 0 fully saturated rings. The Kier molecular flexibility index (Phi) is 7.16. The van der Waals surface area contributed by atoms with Crippen LogP contribution >= 0.6 is 11.6 Å². The van der Waals surface area contributed by atoms with E-state index in [2.05, 4.69) is 15.7 Å². The van der Waals surface area contributed by atoms with Crippen LogP contribution in [-0.2, 0) is 25.4 Å². The fourth-order valence-electron chi connectivity index (χ4n) is 4.98. The van der Waals surface area contributed by atoms with Gasteiger partial charge in [-0.1, -0.05) is 11.6 Å². The number of nitrogens with one attached hydrogen (secondary N) is 2. The predicted octanol–water partition coefficient (Wildman–Crippen LogP) is 6.21. The third-order valence-electron chi connectivity index (χ3n) is 6.83. The number of carbonyl (C=O) groups excluding carboxylic acids is 2. The van der Waals surface area contributed by atoms with Gasteiger partial charge >= 0.3 is 12.4 Å². The number of anilines is 1. The van der Waals surface area contributed by atoms with Gasteiger partial charge in [0.2, 0.25) is 0 Å². The van der Waals surface area contributed by atoms with Crippen molar-refractivity contribution in [1.29, 1.82) is 0 Å². The van der Waals surface area contributed by atoms with Crippen molar-refractivity contribution in [3.05, 3.63) is 92.6 Å². The van der Waals surface area contributed by atoms with Crippen molar-refractivity contribution in [3.8, 4) is 0 Å². The maximum atomic E-state index is 14.3. The molecular weight excluding hydrogens is 616 g/mol. The van der Waals surface area contributed by atoms with E-state index in [9.17, 15) is 49.8 Å². The summed E-state index contributed by atoms with van der Waals surface area (Å²) < 4.78 is 108. The number of hydrogen-bond acceptors (Lipinski definition) is 4. The lowest BCUT2D eigenvalue weighted by Gasteiger charge is -2.27. The van der Waals surface area contributed by atoms with E-state index >= 15 is 0 Å². The number of halogens is 9. The summed E-state index contributed by atoms with van der Waals surface area (Å²) in [6.45, 7) is 0. The number of rotatable bonds is 5. The van der Waals surface area contributed by atoms with Gasteiger partial charge in [-0.2, -0.15) is 31.4 Å². The van der Waals surface area contributed by atoms with E-state index in [4.69, 9.17) is 11.6 Å². The van der Waals surface area contributed by atoms with E-state index in [1.807, 2.05) is 0 Å². The van der Waals surface area contributed by atoms with Gasteiger partial charge in [0.25, 0.3) is 11.8 Å². The number of alkyl halides is 6. The van der Waals surface area contributed by atoms with Gasteiger partial charge in [0.05, 0.1) is 16.8 Å². The monoisotopic (exact) mass is 632 g/mol. The molecule has 7 nitrogen and oxygen atoms in total. The number of aliphatic hydroxyl groups is 1. The average Bonchev–Trinajstić information content (AvgIpc) is 3.35. The summed E-state index contributed by atoms with van der Waals surface area (Å²) in [5.74, 6) is -4.67. The first-order valence-electron chi connectivity index (χ1n) is 12.2. The van der Waals surface area contributed by atoms with Crippen LogP contribution in [0.2, 0.25) is 5.02 Å². The molecule has 2 amide bonds. The quantitative estimate of drug-likeness (QED) is 0.228. The Labute approximate surface area is 241 Å². The first-order valence-corrected chi connectivity index (χ1v) is 12.6. The number of aromatic nitrogens is 2. The lowest BCUT2D eigenvalue weighted by Crippen LogP contribution is -2.41. The lowest BCUT2D eigenvalue weighted by atomic mass is 9.90. The molecule has 1 aliphatic rings. The Morgan fingerprint density at radius 2 is 1.77 bits per heavy atom. The van der Waals surface area contributed by atoms with Gasteiger partial charge < -0.3 is 15.7 Å². The van der Waals surface area contributed by atoms with Crippen molar-refractivity contribution in [2.75, 3.05) is 5.32 Å². The number of nitrogens with zero attached hydrogens (tertiary/aromatic N) is 2. The molecule has 0 saturated heterocycles. The number of benzene rings is 3. The topological polar surface area (TPSA) is 96.2 Å². The lowest BCUT2D eigenvalue weighted by molar-refractivity contribution is -0.138. The molecule has 43 heavy (non-hydrogen) atoms. The van der Waals surface area contributed by atoms with Crippen LogP contribution in [-0.4, -0.2) is 32.9 Å². The molecule has 0 saturated carbocycles. The number of fused-ring (bicyclic) bond motifs is 3. The van der Waals surface area contributed by atoms with Crippen LogP contribution in [0, 0.1) is 11.6 Å². The zero-order valence-corrected chi connectivity index (χ0v) is 22.3. The first kappa shape index (κ1) is 30.2. The van der Waals surface area contributed by atoms with Crippen LogP contribution in [0.4, 0.5) is 40.8 Å². The summed E-state index contributed by atoms with van der Waals surface area (Å²) in [6.07, 6.45) is -11.5. The van der Waals surface area contributed by atoms with E-state index in [0.29, 0.717) is 12.1 Å². The third-order valence-corrected chi connectivity index (χ3v) is 7.16. The SMILES string of the molecule is Cn1nc2c3c(c(NC(=O)c4cc(F)cc(C(F)(F)F)c4)cc2c1CCC(F)(F)F)C(O)(c1cc(F)ccc1Cl)NC3=O. The second-order valence-electron chi connectivity index (χ2n) is 9.72. The Hall–Kier alpha value is -4.24. The van der Waals surface area contributed by atoms with Gasteiger partial charge in [-0.3, -0.25) is 14.3 Å². The van der Waals surface area contributed by atoms with Crippen LogP contribution < -0.4 is 10.6 Å².